The van der Waals surface area contributed by atoms with Crippen LogP contribution in [0.5, 0.6) is 5.75 Å². The summed E-state index contributed by atoms with van der Waals surface area (Å²) >= 11 is 6.07. The van der Waals surface area contributed by atoms with Gasteiger partial charge in [0.15, 0.2) is 0 Å². The molecule has 1 atom stereocenters. The van der Waals surface area contributed by atoms with E-state index in [1.807, 2.05) is 0 Å². The molecule has 3 aromatic carbocycles. The number of fused-ring (bicyclic) bond motifs is 1. The van der Waals surface area contributed by atoms with E-state index in [-0.39, 0.29) is 58.7 Å². The summed E-state index contributed by atoms with van der Waals surface area (Å²) in [4.78, 5) is 14.8. The zero-order valence-corrected chi connectivity index (χ0v) is 22.2. The highest BCUT2D eigenvalue weighted by molar-refractivity contribution is 7.92. The molecule has 41 heavy (non-hydrogen) atoms. The Balaban J connectivity index is 1.56. The van der Waals surface area contributed by atoms with Crippen LogP contribution in [0.3, 0.4) is 0 Å². The molecule has 0 amide bonds. The number of hydrogen-bond acceptors (Lipinski definition) is 7. The van der Waals surface area contributed by atoms with Gasteiger partial charge in [0, 0.05) is 12.0 Å². The number of alkyl halides is 3. The van der Waals surface area contributed by atoms with Crippen molar-refractivity contribution in [3.8, 4) is 28.6 Å². The monoisotopic (exact) mass is 611 g/mol. The summed E-state index contributed by atoms with van der Waals surface area (Å²) in [5.74, 6) is -1.68. The normalized spacial score (nSPS) is 15.3. The predicted octanol–water partition coefficient (Wildman–Crippen LogP) is 6.04. The summed E-state index contributed by atoms with van der Waals surface area (Å²) in [6, 6.07) is 11.1. The average Bonchev–Trinajstić information content (AvgIpc) is 3.40. The van der Waals surface area contributed by atoms with Crippen LogP contribution in [0.4, 0.5) is 23.2 Å². The van der Waals surface area contributed by atoms with Gasteiger partial charge in [-0.25, -0.2) is 12.8 Å². The van der Waals surface area contributed by atoms with Gasteiger partial charge >= 0.3 is 12.1 Å². The van der Waals surface area contributed by atoms with Crippen LogP contribution in [0.2, 0.25) is 5.02 Å². The number of ether oxygens (including phenoxy) is 1. The Labute approximate surface area is 235 Å². The van der Waals surface area contributed by atoms with Crippen LogP contribution >= 0.6 is 11.6 Å². The lowest BCUT2D eigenvalue weighted by atomic mass is 10.1. The molecule has 1 N–H and O–H groups in total. The van der Waals surface area contributed by atoms with Gasteiger partial charge in [-0.05, 0) is 61.0 Å². The number of carboxylic acid groups (broad SMARTS) is 1. The van der Waals surface area contributed by atoms with Crippen LogP contribution in [0.1, 0.15) is 18.4 Å². The van der Waals surface area contributed by atoms with E-state index in [1.165, 1.54) is 24.3 Å². The Bertz CT molecular complexity index is 1750. The minimum atomic E-state index is -4.78. The van der Waals surface area contributed by atoms with Crippen molar-refractivity contribution in [3.63, 3.8) is 0 Å². The van der Waals surface area contributed by atoms with Gasteiger partial charge < -0.3 is 14.4 Å². The molecule has 15 heteroatoms. The minimum Gasteiger partial charge on any atom is -0.486 e. The van der Waals surface area contributed by atoms with E-state index in [9.17, 15) is 30.8 Å². The lowest BCUT2D eigenvalue weighted by Gasteiger charge is -2.35. The summed E-state index contributed by atoms with van der Waals surface area (Å²) < 4.78 is 92.9. The number of aromatic nitrogens is 2. The molecule has 1 aliphatic heterocycles. The maximum absolute atomic E-state index is 13.7. The summed E-state index contributed by atoms with van der Waals surface area (Å²) in [6.45, 7) is -0.370. The molecule has 4 aromatic rings. The van der Waals surface area contributed by atoms with Crippen LogP contribution in [-0.2, 0) is 21.0 Å². The second-order valence-corrected chi connectivity index (χ2v) is 11.2. The molecule has 0 unspecified atom stereocenters. The van der Waals surface area contributed by atoms with Gasteiger partial charge in [-0.3, -0.25) is 9.10 Å². The molecule has 1 aliphatic rings. The lowest BCUT2D eigenvalue weighted by Crippen LogP contribution is -2.43. The first-order chi connectivity index (χ1) is 19.3. The molecule has 0 saturated carbocycles. The predicted molar refractivity (Wildman–Crippen MR) is 137 cm³/mol. The number of sulfonamides is 1. The molecule has 0 bridgehead atoms. The number of rotatable bonds is 7. The quantitative estimate of drug-likeness (QED) is 0.251. The minimum absolute atomic E-state index is 0.00705. The van der Waals surface area contributed by atoms with Gasteiger partial charge in [-0.15, -0.1) is 0 Å². The fourth-order valence-corrected chi connectivity index (χ4v) is 5.98. The Morgan fingerprint density at radius 2 is 1.90 bits per heavy atom. The zero-order chi connectivity index (χ0) is 29.5. The topological polar surface area (TPSA) is 123 Å². The van der Waals surface area contributed by atoms with Crippen LogP contribution < -0.4 is 9.04 Å². The third-order valence-corrected chi connectivity index (χ3v) is 8.25. The SMILES string of the molecule is O=C(O)CC[C@H]1CN(S(=O)(=O)c2cccc(C(F)(F)F)c2)c2cc(-c3noc(-c4ccc(F)cc4Cl)n3)ccc2O1. The first-order valence-corrected chi connectivity index (χ1v) is 13.7. The average molecular weight is 612 g/mol. The van der Waals surface area contributed by atoms with Gasteiger partial charge in [-0.1, -0.05) is 22.8 Å². The number of carbonyl (C=O) groups is 1. The van der Waals surface area contributed by atoms with Crippen molar-refractivity contribution < 1.29 is 45.1 Å². The van der Waals surface area contributed by atoms with Crippen molar-refractivity contribution in [1.82, 2.24) is 10.1 Å². The van der Waals surface area contributed by atoms with Crippen molar-refractivity contribution in [2.75, 3.05) is 10.8 Å². The summed E-state index contributed by atoms with van der Waals surface area (Å²) in [7, 11) is -4.59. The fraction of sp³-hybridized carbons (Fsp3) is 0.192. The molecule has 0 spiro atoms. The van der Waals surface area contributed by atoms with E-state index < -0.39 is 44.5 Å². The summed E-state index contributed by atoms with van der Waals surface area (Å²) in [5, 5.41) is 13.0. The second kappa shape index (κ2) is 10.7. The Morgan fingerprint density at radius 3 is 2.61 bits per heavy atom. The molecule has 0 radical (unpaired) electrons. The molecular formula is C26H18ClF4N3O6S. The van der Waals surface area contributed by atoms with Crippen molar-refractivity contribution in [2.24, 2.45) is 0 Å². The standard InChI is InChI=1S/C26H18ClF4N3O6S/c27-20-12-16(28)5-7-19(20)25-32-24(33-40-25)14-4-8-22-21(10-14)34(13-17(39-22)6-9-23(35)36)41(37,38)18-3-1-2-15(11-18)26(29,30)31/h1-5,7-8,10-12,17H,6,9,13H2,(H,35,36)/t17-/m0/s1. The number of nitrogens with zero attached hydrogens (tertiary/aromatic N) is 3. The molecule has 2 heterocycles. The van der Waals surface area contributed by atoms with Crippen LogP contribution in [-0.4, -0.2) is 42.3 Å². The maximum atomic E-state index is 13.7. The largest absolute Gasteiger partial charge is 0.486 e. The molecule has 5 rings (SSSR count). The van der Waals surface area contributed by atoms with Crippen LogP contribution in [0, 0.1) is 5.82 Å². The van der Waals surface area contributed by atoms with E-state index in [0.29, 0.717) is 6.07 Å². The molecule has 214 valence electrons. The third-order valence-electron chi connectivity index (χ3n) is 6.17. The third kappa shape index (κ3) is 5.84. The maximum Gasteiger partial charge on any atom is 0.416 e. The molecule has 1 aromatic heterocycles. The van der Waals surface area contributed by atoms with Gasteiger partial charge in [0.1, 0.15) is 17.7 Å². The van der Waals surface area contributed by atoms with E-state index in [2.05, 4.69) is 10.1 Å². The number of anilines is 1. The summed E-state index contributed by atoms with van der Waals surface area (Å²) in [5.41, 5.74) is -0.670. The van der Waals surface area contributed by atoms with Gasteiger partial charge in [-0.2, -0.15) is 18.2 Å². The van der Waals surface area contributed by atoms with Gasteiger partial charge in [0.25, 0.3) is 15.9 Å². The number of aliphatic carboxylic acids is 1. The van der Waals surface area contributed by atoms with E-state index >= 15 is 0 Å². The van der Waals surface area contributed by atoms with Crippen molar-refractivity contribution >= 4 is 33.3 Å². The molecule has 0 saturated heterocycles. The summed E-state index contributed by atoms with van der Waals surface area (Å²) in [6.07, 6.45) is -6.07. The lowest BCUT2D eigenvalue weighted by molar-refractivity contribution is -0.138. The molecular weight excluding hydrogens is 594 g/mol. The number of benzene rings is 3. The van der Waals surface area contributed by atoms with Gasteiger partial charge in [0.2, 0.25) is 5.82 Å². The van der Waals surface area contributed by atoms with Crippen molar-refractivity contribution in [2.45, 2.75) is 30.0 Å². The Kier molecular flexibility index (Phi) is 7.38. The smallest absolute Gasteiger partial charge is 0.416 e. The van der Waals surface area contributed by atoms with Crippen LogP contribution in [0.15, 0.2) is 70.1 Å². The number of hydrogen-bond donors (Lipinski definition) is 1. The Morgan fingerprint density at radius 1 is 1.12 bits per heavy atom. The van der Waals surface area contributed by atoms with E-state index in [4.69, 9.17) is 26.0 Å². The van der Waals surface area contributed by atoms with Gasteiger partial charge in [0.05, 0.1) is 33.3 Å². The highest BCUT2D eigenvalue weighted by Gasteiger charge is 2.37. The fourth-order valence-electron chi connectivity index (χ4n) is 4.19. The molecule has 9 nitrogen and oxygen atoms in total. The highest BCUT2D eigenvalue weighted by Crippen LogP contribution is 2.41. The van der Waals surface area contributed by atoms with E-state index in [0.717, 1.165) is 34.6 Å². The van der Waals surface area contributed by atoms with Crippen molar-refractivity contribution in [3.05, 3.63) is 77.1 Å². The zero-order valence-electron chi connectivity index (χ0n) is 20.6. The molecule has 0 aliphatic carbocycles. The number of carboxylic acids is 1. The van der Waals surface area contributed by atoms with Crippen LogP contribution in [0.25, 0.3) is 22.8 Å². The molecule has 0 fully saturated rings. The van der Waals surface area contributed by atoms with E-state index in [1.54, 1.807) is 0 Å². The number of halogens is 5. The first-order valence-electron chi connectivity index (χ1n) is 11.8. The van der Waals surface area contributed by atoms with Crippen molar-refractivity contribution in [1.29, 1.82) is 0 Å². The first kappa shape index (κ1) is 28.4. The second-order valence-electron chi connectivity index (χ2n) is 8.96. The Hall–Kier alpha value is -4.17. The highest BCUT2D eigenvalue weighted by atomic mass is 35.5.